The first-order chi connectivity index (χ1) is 6.97. The second kappa shape index (κ2) is 3.69. The number of ether oxygens (including phenoxy) is 1. The lowest BCUT2D eigenvalue weighted by atomic mass is 10.1. The number of rotatable bonds is 0. The lowest BCUT2D eigenvalue weighted by Crippen LogP contribution is -2.40. The SMILES string of the molecule is CC(C)(C)OC(=O)N1CC[C@H]2CCC[C@H]21. The summed E-state index contributed by atoms with van der Waals surface area (Å²) in [5, 5.41) is 0. The van der Waals surface area contributed by atoms with E-state index in [2.05, 4.69) is 0 Å². The van der Waals surface area contributed by atoms with Gasteiger partial charge in [-0.1, -0.05) is 6.42 Å². The van der Waals surface area contributed by atoms with E-state index in [0.29, 0.717) is 6.04 Å². The van der Waals surface area contributed by atoms with Gasteiger partial charge in [0.05, 0.1) is 0 Å². The van der Waals surface area contributed by atoms with Crippen molar-refractivity contribution in [3.63, 3.8) is 0 Å². The van der Waals surface area contributed by atoms with E-state index in [-0.39, 0.29) is 11.7 Å². The zero-order valence-electron chi connectivity index (χ0n) is 9.95. The van der Waals surface area contributed by atoms with Gasteiger partial charge in [-0.25, -0.2) is 4.79 Å². The number of hydrogen-bond acceptors (Lipinski definition) is 2. The van der Waals surface area contributed by atoms with Gasteiger partial charge in [-0.05, 0) is 46.0 Å². The molecule has 0 bridgehead atoms. The summed E-state index contributed by atoms with van der Waals surface area (Å²) in [6.07, 6.45) is 4.80. The molecule has 0 aromatic carbocycles. The van der Waals surface area contributed by atoms with E-state index in [0.717, 1.165) is 12.5 Å². The van der Waals surface area contributed by atoms with Crippen LogP contribution >= 0.6 is 0 Å². The van der Waals surface area contributed by atoms with Gasteiger partial charge < -0.3 is 9.64 Å². The maximum atomic E-state index is 11.9. The van der Waals surface area contributed by atoms with Crippen LogP contribution < -0.4 is 0 Å². The summed E-state index contributed by atoms with van der Waals surface area (Å²) in [6, 6.07) is 0.472. The van der Waals surface area contributed by atoms with Crippen molar-refractivity contribution < 1.29 is 9.53 Å². The van der Waals surface area contributed by atoms with E-state index in [9.17, 15) is 4.79 Å². The average Bonchev–Trinajstić information content (AvgIpc) is 2.57. The maximum absolute atomic E-state index is 11.9. The fourth-order valence-corrected chi connectivity index (χ4v) is 2.78. The Labute approximate surface area is 91.8 Å². The van der Waals surface area contributed by atoms with E-state index in [1.807, 2.05) is 25.7 Å². The van der Waals surface area contributed by atoms with Crippen LogP contribution in [0.3, 0.4) is 0 Å². The Bertz CT molecular complexity index is 257. The lowest BCUT2D eigenvalue weighted by Gasteiger charge is -2.28. The molecule has 15 heavy (non-hydrogen) atoms. The van der Waals surface area contributed by atoms with Crippen LogP contribution in [-0.4, -0.2) is 29.2 Å². The molecule has 0 aromatic heterocycles. The van der Waals surface area contributed by atoms with Crippen LogP contribution in [0.1, 0.15) is 46.5 Å². The van der Waals surface area contributed by atoms with Crippen LogP contribution in [0.25, 0.3) is 0 Å². The normalized spacial score (nSPS) is 30.5. The molecule has 3 heteroatoms. The number of carbonyl (C=O) groups is 1. The first kappa shape index (κ1) is 10.8. The molecule has 1 heterocycles. The van der Waals surface area contributed by atoms with Crippen LogP contribution in [0.15, 0.2) is 0 Å². The maximum Gasteiger partial charge on any atom is 0.410 e. The van der Waals surface area contributed by atoms with Crippen molar-refractivity contribution in [3.05, 3.63) is 0 Å². The number of nitrogens with zero attached hydrogens (tertiary/aromatic N) is 1. The van der Waals surface area contributed by atoms with Crippen molar-refractivity contribution in [3.8, 4) is 0 Å². The quantitative estimate of drug-likeness (QED) is 0.616. The van der Waals surface area contributed by atoms with Gasteiger partial charge in [-0.3, -0.25) is 0 Å². The molecule has 1 saturated carbocycles. The fraction of sp³-hybridized carbons (Fsp3) is 0.917. The Morgan fingerprint density at radius 3 is 2.67 bits per heavy atom. The van der Waals surface area contributed by atoms with Gasteiger partial charge in [-0.15, -0.1) is 0 Å². The highest BCUT2D eigenvalue weighted by Gasteiger charge is 2.41. The molecule has 0 spiro atoms. The minimum atomic E-state index is -0.367. The van der Waals surface area contributed by atoms with E-state index in [4.69, 9.17) is 4.74 Å². The fourth-order valence-electron chi connectivity index (χ4n) is 2.78. The van der Waals surface area contributed by atoms with Gasteiger partial charge in [0.25, 0.3) is 0 Å². The summed E-state index contributed by atoms with van der Waals surface area (Å²) >= 11 is 0. The Hall–Kier alpha value is -0.730. The third-order valence-electron chi connectivity index (χ3n) is 3.39. The van der Waals surface area contributed by atoms with Crippen molar-refractivity contribution in [1.29, 1.82) is 0 Å². The number of amides is 1. The number of fused-ring (bicyclic) bond motifs is 1. The lowest BCUT2D eigenvalue weighted by molar-refractivity contribution is 0.0218. The highest BCUT2D eigenvalue weighted by molar-refractivity contribution is 5.69. The molecule has 0 unspecified atom stereocenters. The monoisotopic (exact) mass is 211 g/mol. The molecular formula is C12H21NO2. The summed E-state index contributed by atoms with van der Waals surface area (Å²) in [5.41, 5.74) is -0.367. The molecule has 0 radical (unpaired) electrons. The molecule has 2 aliphatic rings. The average molecular weight is 211 g/mol. The molecule has 1 aliphatic heterocycles. The number of hydrogen-bond donors (Lipinski definition) is 0. The Morgan fingerprint density at radius 1 is 1.27 bits per heavy atom. The van der Waals surface area contributed by atoms with Crippen LogP contribution in [0.5, 0.6) is 0 Å². The molecular weight excluding hydrogens is 190 g/mol. The predicted octanol–water partition coefficient (Wildman–Crippen LogP) is 2.80. The zero-order valence-corrected chi connectivity index (χ0v) is 9.95. The molecule has 2 atom stereocenters. The Balaban J connectivity index is 1.96. The van der Waals surface area contributed by atoms with Crippen LogP contribution in [0.4, 0.5) is 4.79 Å². The highest BCUT2D eigenvalue weighted by atomic mass is 16.6. The van der Waals surface area contributed by atoms with Crippen molar-refractivity contribution in [2.45, 2.75) is 58.1 Å². The zero-order chi connectivity index (χ0) is 11.1. The predicted molar refractivity (Wildman–Crippen MR) is 58.7 cm³/mol. The molecule has 2 rings (SSSR count). The molecule has 3 nitrogen and oxygen atoms in total. The third-order valence-corrected chi connectivity index (χ3v) is 3.39. The number of likely N-dealkylation sites (tertiary alicyclic amines) is 1. The first-order valence-corrected chi connectivity index (χ1v) is 5.97. The highest BCUT2D eigenvalue weighted by Crippen LogP contribution is 2.38. The number of carbonyl (C=O) groups excluding carboxylic acids is 1. The van der Waals surface area contributed by atoms with E-state index < -0.39 is 0 Å². The van der Waals surface area contributed by atoms with E-state index >= 15 is 0 Å². The second-order valence-electron chi connectivity index (χ2n) is 5.72. The first-order valence-electron chi connectivity index (χ1n) is 5.97. The summed E-state index contributed by atoms with van der Waals surface area (Å²) < 4.78 is 5.42. The topological polar surface area (TPSA) is 29.5 Å². The Kier molecular flexibility index (Phi) is 2.65. The molecule has 1 saturated heterocycles. The molecule has 0 N–H and O–H groups in total. The van der Waals surface area contributed by atoms with Gasteiger partial charge in [-0.2, -0.15) is 0 Å². The summed E-state index contributed by atoms with van der Waals surface area (Å²) in [4.78, 5) is 13.9. The summed E-state index contributed by atoms with van der Waals surface area (Å²) in [7, 11) is 0. The van der Waals surface area contributed by atoms with Crippen molar-refractivity contribution in [2.75, 3.05) is 6.54 Å². The minimum Gasteiger partial charge on any atom is -0.444 e. The largest absolute Gasteiger partial charge is 0.444 e. The van der Waals surface area contributed by atoms with Crippen LogP contribution in [0, 0.1) is 5.92 Å². The molecule has 0 aromatic rings. The Morgan fingerprint density at radius 2 is 2.00 bits per heavy atom. The minimum absolute atomic E-state index is 0.114. The van der Waals surface area contributed by atoms with Crippen molar-refractivity contribution in [1.82, 2.24) is 4.90 Å². The van der Waals surface area contributed by atoms with Gasteiger partial charge in [0.1, 0.15) is 5.60 Å². The smallest absolute Gasteiger partial charge is 0.410 e. The third kappa shape index (κ3) is 2.27. The van der Waals surface area contributed by atoms with Crippen molar-refractivity contribution >= 4 is 6.09 Å². The molecule has 86 valence electrons. The summed E-state index contributed by atoms with van der Waals surface area (Å²) in [5.74, 6) is 0.748. The van der Waals surface area contributed by atoms with Crippen molar-refractivity contribution in [2.24, 2.45) is 5.92 Å². The van der Waals surface area contributed by atoms with E-state index in [1.54, 1.807) is 0 Å². The van der Waals surface area contributed by atoms with Gasteiger partial charge in [0.15, 0.2) is 0 Å². The van der Waals surface area contributed by atoms with Gasteiger partial charge >= 0.3 is 6.09 Å². The van der Waals surface area contributed by atoms with Gasteiger partial charge in [0, 0.05) is 12.6 Å². The van der Waals surface area contributed by atoms with E-state index in [1.165, 1.54) is 25.7 Å². The van der Waals surface area contributed by atoms with Crippen LogP contribution in [0.2, 0.25) is 0 Å². The molecule has 1 amide bonds. The molecule has 1 aliphatic carbocycles. The van der Waals surface area contributed by atoms with Gasteiger partial charge in [0.2, 0.25) is 0 Å². The second-order valence-corrected chi connectivity index (χ2v) is 5.72. The standard InChI is InChI=1S/C12H21NO2/c1-12(2,3)15-11(14)13-8-7-9-5-4-6-10(9)13/h9-10H,4-8H2,1-3H3/t9-,10-/m1/s1. The molecule has 2 fully saturated rings. The van der Waals surface area contributed by atoms with Crippen LogP contribution in [-0.2, 0) is 4.74 Å². The summed E-state index contributed by atoms with van der Waals surface area (Å²) in [6.45, 7) is 6.66.